The van der Waals surface area contributed by atoms with Crippen LogP contribution in [0.1, 0.15) is 6.92 Å². The monoisotopic (exact) mass is 156 g/mol. The molecule has 0 aromatic heterocycles. The smallest absolute Gasteiger partial charge is 0.330 e. The predicted octanol–water partition coefficient (Wildman–Crippen LogP) is 0.654. The molecule has 0 atom stereocenters. The Morgan fingerprint density at radius 2 is 2.27 bits per heavy atom. The van der Waals surface area contributed by atoms with Crippen LogP contribution in [0.4, 0.5) is 0 Å². The third-order valence-electron chi connectivity index (χ3n) is 1.06. The summed E-state index contributed by atoms with van der Waals surface area (Å²) in [6.07, 6.45) is 4.48. The number of aliphatic hydroxyl groups is 1. The SMILES string of the molecule is COC(=O)/C=C/C=C(\C)CO. The molecular weight excluding hydrogens is 144 g/mol. The zero-order chi connectivity index (χ0) is 8.69. The van der Waals surface area contributed by atoms with Gasteiger partial charge in [0.25, 0.3) is 0 Å². The first kappa shape index (κ1) is 9.91. The highest BCUT2D eigenvalue weighted by Crippen LogP contribution is 1.90. The van der Waals surface area contributed by atoms with Crippen molar-refractivity contribution in [1.82, 2.24) is 0 Å². The van der Waals surface area contributed by atoms with Gasteiger partial charge in [-0.2, -0.15) is 0 Å². The minimum Gasteiger partial charge on any atom is -0.466 e. The average molecular weight is 156 g/mol. The molecule has 0 aliphatic rings. The van der Waals surface area contributed by atoms with Crippen molar-refractivity contribution in [3.63, 3.8) is 0 Å². The third kappa shape index (κ3) is 5.36. The van der Waals surface area contributed by atoms with E-state index in [-0.39, 0.29) is 6.61 Å². The van der Waals surface area contributed by atoms with E-state index in [1.807, 2.05) is 0 Å². The quantitative estimate of drug-likeness (QED) is 0.371. The molecular formula is C8H12O3. The summed E-state index contributed by atoms with van der Waals surface area (Å²) in [5.41, 5.74) is 0.796. The second kappa shape index (κ2) is 5.68. The summed E-state index contributed by atoms with van der Waals surface area (Å²) < 4.78 is 4.35. The van der Waals surface area contributed by atoms with Gasteiger partial charge in [0.2, 0.25) is 0 Å². The molecule has 0 spiro atoms. The molecule has 0 aromatic rings. The van der Waals surface area contributed by atoms with Crippen LogP contribution in [-0.2, 0) is 9.53 Å². The number of rotatable bonds is 3. The molecule has 0 radical (unpaired) electrons. The lowest BCUT2D eigenvalue weighted by Gasteiger charge is -1.89. The van der Waals surface area contributed by atoms with Crippen molar-refractivity contribution in [2.24, 2.45) is 0 Å². The van der Waals surface area contributed by atoms with Gasteiger partial charge in [-0.25, -0.2) is 4.79 Å². The lowest BCUT2D eigenvalue weighted by molar-refractivity contribution is -0.134. The van der Waals surface area contributed by atoms with E-state index in [1.165, 1.54) is 19.3 Å². The zero-order valence-electron chi connectivity index (χ0n) is 6.70. The Bertz CT molecular complexity index is 180. The first-order valence-electron chi connectivity index (χ1n) is 3.23. The van der Waals surface area contributed by atoms with Crippen molar-refractivity contribution in [3.8, 4) is 0 Å². The molecule has 0 amide bonds. The Morgan fingerprint density at radius 3 is 2.73 bits per heavy atom. The second-order valence-electron chi connectivity index (χ2n) is 2.05. The van der Waals surface area contributed by atoms with Crippen LogP contribution in [0, 0.1) is 0 Å². The van der Waals surface area contributed by atoms with E-state index >= 15 is 0 Å². The largest absolute Gasteiger partial charge is 0.466 e. The summed E-state index contributed by atoms with van der Waals surface area (Å²) in [4.78, 5) is 10.5. The summed E-state index contributed by atoms with van der Waals surface area (Å²) >= 11 is 0. The standard InChI is InChI=1S/C8H12O3/c1-7(6-9)4-3-5-8(10)11-2/h3-5,9H,6H2,1-2H3/b5-3+,7-4+. The molecule has 3 nitrogen and oxygen atoms in total. The van der Waals surface area contributed by atoms with Crippen LogP contribution in [0.25, 0.3) is 0 Å². The molecule has 0 fully saturated rings. The molecule has 62 valence electrons. The van der Waals surface area contributed by atoms with Gasteiger partial charge in [-0.05, 0) is 12.5 Å². The van der Waals surface area contributed by atoms with Gasteiger partial charge in [-0.15, -0.1) is 0 Å². The Hall–Kier alpha value is -1.09. The fraction of sp³-hybridized carbons (Fsp3) is 0.375. The fourth-order valence-corrected chi connectivity index (χ4v) is 0.412. The van der Waals surface area contributed by atoms with E-state index in [4.69, 9.17) is 5.11 Å². The van der Waals surface area contributed by atoms with Crippen LogP contribution in [0.2, 0.25) is 0 Å². The molecule has 0 saturated heterocycles. The zero-order valence-corrected chi connectivity index (χ0v) is 6.70. The summed E-state index contributed by atoms with van der Waals surface area (Å²) in [6.45, 7) is 1.77. The summed E-state index contributed by atoms with van der Waals surface area (Å²) in [6, 6.07) is 0. The van der Waals surface area contributed by atoms with Gasteiger partial charge < -0.3 is 9.84 Å². The lowest BCUT2D eigenvalue weighted by atomic mass is 10.3. The molecule has 1 N–H and O–H groups in total. The predicted molar refractivity (Wildman–Crippen MR) is 42.0 cm³/mol. The number of hydrogen-bond acceptors (Lipinski definition) is 3. The molecule has 0 heterocycles. The number of esters is 1. The molecule has 0 aliphatic heterocycles. The van der Waals surface area contributed by atoms with E-state index in [1.54, 1.807) is 13.0 Å². The van der Waals surface area contributed by atoms with Gasteiger partial charge in [-0.1, -0.05) is 12.2 Å². The number of carbonyl (C=O) groups excluding carboxylic acids is 1. The molecule has 0 bridgehead atoms. The van der Waals surface area contributed by atoms with Crippen LogP contribution in [-0.4, -0.2) is 24.8 Å². The Kier molecular flexibility index (Phi) is 5.11. The van der Waals surface area contributed by atoms with E-state index in [0.717, 1.165) is 5.57 Å². The van der Waals surface area contributed by atoms with Crippen LogP contribution in [0.15, 0.2) is 23.8 Å². The minimum atomic E-state index is -0.396. The molecule has 0 aromatic carbocycles. The van der Waals surface area contributed by atoms with Crippen molar-refractivity contribution in [2.45, 2.75) is 6.92 Å². The second-order valence-corrected chi connectivity index (χ2v) is 2.05. The maximum absolute atomic E-state index is 10.5. The maximum atomic E-state index is 10.5. The first-order chi connectivity index (χ1) is 5.20. The van der Waals surface area contributed by atoms with E-state index in [2.05, 4.69) is 4.74 Å². The number of aliphatic hydroxyl groups excluding tert-OH is 1. The van der Waals surface area contributed by atoms with Crippen LogP contribution < -0.4 is 0 Å². The van der Waals surface area contributed by atoms with Gasteiger partial charge in [0.05, 0.1) is 13.7 Å². The third-order valence-corrected chi connectivity index (χ3v) is 1.06. The summed E-state index contributed by atoms with van der Waals surface area (Å²) in [5, 5.41) is 8.54. The topological polar surface area (TPSA) is 46.5 Å². The van der Waals surface area contributed by atoms with Crippen molar-refractivity contribution >= 4 is 5.97 Å². The highest BCUT2D eigenvalue weighted by atomic mass is 16.5. The number of carbonyl (C=O) groups is 1. The van der Waals surface area contributed by atoms with Crippen LogP contribution >= 0.6 is 0 Å². The molecule has 0 saturated carbocycles. The van der Waals surface area contributed by atoms with Gasteiger partial charge in [0.15, 0.2) is 0 Å². The summed E-state index contributed by atoms with van der Waals surface area (Å²) in [5.74, 6) is -0.396. The van der Waals surface area contributed by atoms with Crippen LogP contribution in [0.5, 0.6) is 0 Å². The molecule has 3 heteroatoms. The first-order valence-corrected chi connectivity index (χ1v) is 3.23. The molecule has 0 rings (SSSR count). The van der Waals surface area contributed by atoms with Crippen molar-refractivity contribution in [3.05, 3.63) is 23.8 Å². The molecule has 0 unspecified atom stereocenters. The number of methoxy groups -OCH3 is 1. The van der Waals surface area contributed by atoms with Crippen LogP contribution in [0.3, 0.4) is 0 Å². The van der Waals surface area contributed by atoms with Gasteiger partial charge in [0.1, 0.15) is 0 Å². The normalized spacial score (nSPS) is 12.1. The van der Waals surface area contributed by atoms with Crippen molar-refractivity contribution in [2.75, 3.05) is 13.7 Å². The Balaban J connectivity index is 3.85. The number of hydrogen-bond donors (Lipinski definition) is 1. The molecule has 11 heavy (non-hydrogen) atoms. The molecule has 0 aliphatic carbocycles. The highest BCUT2D eigenvalue weighted by molar-refractivity contribution is 5.82. The van der Waals surface area contributed by atoms with E-state index < -0.39 is 5.97 Å². The average Bonchev–Trinajstić information content (AvgIpc) is 2.04. The van der Waals surface area contributed by atoms with E-state index in [0.29, 0.717) is 0 Å². The summed E-state index contributed by atoms with van der Waals surface area (Å²) in [7, 11) is 1.31. The Labute approximate surface area is 66.0 Å². The van der Waals surface area contributed by atoms with E-state index in [9.17, 15) is 4.79 Å². The maximum Gasteiger partial charge on any atom is 0.330 e. The van der Waals surface area contributed by atoms with Crippen molar-refractivity contribution in [1.29, 1.82) is 0 Å². The number of allylic oxidation sites excluding steroid dienone is 2. The van der Waals surface area contributed by atoms with Gasteiger partial charge in [-0.3, -0.25) is 0 Å². The highest BCUT2D eigenvalue weighted by Gasteiger charge is 1.87. The Morgan fingerprint density at radius 1 is 1.64 bits per heavy atom. The lowest BCUT2D eigenvalue weighted by Crippen LogP contribution is -1.93. The van der Waals surface area contributed by atoms with Crippen molar-refractivity contribution < 1.29 is 14.6 Å². The minimum absolute atomic E-state index is 0.00547. The van der Waals surface area contributed by atoms with Gasteiger partial charge in [0, 0.05) is 6.08 Å². The number of ether oxygens (including phenoxy) is 1. The fourth-order valence-electron chi connectivity index (χ4n) is 0.412. The van der Waals surface area contributed by atoms with Gasteiger partial charge >= 0.3 is 5.97 Å².